The van der Waals surface area contributed by atoms with Crippen molar-refractivity contribution < 1.29 is 18.7 Å². The predicted molar refractivity (Wildman–Crippen MR) is 108 cm³/mol. The molecule has 0 radical (unpaired) electrons. The zero-order valence-electron chi connectivity index (χ0n) is 14.9. The molecule has 0 aromatic rings. The number of thiol groups is 2. The van der Waals surface area contributed by atoms with E-state index < -0.39 is 11.8 Å². The van der Waals surface area contributed by atoms with Gasteiger partial charge in [-0.1, -0.05) is 16.7 Å². The molecule has 0 rings (SSSR count). The van der Waals surface area contributed by atoms with Crippen molar-refractivity contribution in [2.24, 2.45) is 0 Å². The van der Waals surface area contributed by atoms with Gasteiger partial charge in [0.15, 0.2) is 0 Å². The summed E-state index contributed by atoms with van der Waals surface area (Å²) in [6.07, 6.45) is -1.30. The van der Waals surface area contributed by atoms with Crippen LogP contribution in [-0.4, -0.2) is 67.1 Å². The number of hydrogen-bond donors (Lipinski definition) is 4. The van der Waals surface area contributed by atoms with Crippen LogP contribution in [0.2, 0.25) is 0 Å². The van der Waals surface area contributed by atoms with Crippen LogP contribution in [-0.2, 0) is 14.3 Å². The lowest BCUT2D eigenvalue weighted by molar-refractivity contribution is -0.122. The number of halogens is 1. The molecular formula is C15H31FN2O3S3. The maximum atomic E-state index is 14.2. The van der Waals surface area contributed by atoms with Crippen LogP contribution in [0.5, 0.6) is 0 Å². The van der Waals surface area contributed by atoms with Crippen molar-refractivity contribution in [1.82, 2.24) is 10.6 Å². The summed E-state index contributed by atoms with van der Waals surface area (Å²) in [6, 6.07) is 0. The number of rotatable bonds is 14. The lowest BCUT2D eigenvalue weighted by Crippen LogP contribution is -2.45. The highest BCUT2D eigenvalue weighted by molar-refractivity contribution is 8.68. The number of amides is 1. The largest absolute Gasteiger partial charge is 0.378 e. The summed E-state index contributed by atoms with van der Waals surface area (Å²) >= 11 is 4.82. The Bertz CT molecular complexity index is 376. The summed E-state index contributed by atoms with van der Waals surface area (Å²) < 4.78 is 25.2. The van der Waals surface area contributed by atoms with Gasteiger partial charge in [-0.15, -0.1) is 11.7 Å². The highest BCUT2D eigenvalue weighted by Gasteiger charge is 2.31. The molecule has 5 nitrogen and oxygen atoms in total. The second-order valence-corrected chi connectivity index (χ2v) is 8.53. The molecule has 0 aromatic heterocycles. The Labute approximate surface area is 158 Å². The van der Waals surface area contributed by atoms with Crippen LogP contribution < -0.4 is 10.6 Å². The molecule has 0 aromatic carbocycles. The van der Waals surface area contributed by atoms with Gasteiger partial charge in [-0.05, 0) is 27.7 Å². The monoisotopic (exact) mass is 402 g/mol. The van der Waals surface area contributed by atoms with Gasteiger partial charge in [0, 0.05) is 6.54 Å². The van der Waals surface area contributed by atoms with Crippen molar-refractivity contribution in [3.8, 4) is 0 Å². The first-order chi connectivity index (χ1) is 11.2. The maximum absolute atomic E-state index is 14.2. The second kappa shape index (κ2) is 13.4. The summed E-state index contributed by atoms with van der Waals surface area (Å²) in [5.41, 5.74) is -0.989. The molecule has 9 heteroatoms. The van der Waals surface area contributed by atoms with Gasteiger partial charge in [0.05, 0.1) is 42.6 Å². The zero-order valence-corrected chi connectivity index (χ0v) is 17.5. The first-order valence-electron chi connectivity index (χ1n) is 7.87. The van der Waals surface area contributed by atoms with Crippen LogP contribution in [0.4, 0.5) is 4.39 Å². The molecule has 144 valence electrons. The smallest absolute Gasteiger partial charge is 0.232 e. The third-order valence-corrected chi connectivity index (χ3v) is 5.62. The molecule has 0 aliphatic rings. The van der Waals surface area contributed by atoms with Crippen LogP contribution in [0, 0.1) is 0 Å². The number of ether oxygens (including phenoxy) is 2. The summed E-state index contributed by atoms with van der Waals surface area (Å²) in [4.78, 5) is 11.6. The minimum Gasteiger partial charge on any atom is -0.378 e. The van der Waals surface area contributed by atoms with Crippen LogP contribution in [0.3, 0.4) is 0 Å². The minimum atomic E-state index is -1.30. The fraction of sp³-hybridized carbons (Fsp3) is 0.867. The van der Waals surface area contributed by atoms with Gasteiger partial charge in [-0.2, -0.15) is 11.4 Å². The average molecular weight is 403 g/mol. The molecule has 0 saturated carbocycles. The predicted octanol–water partition coefficient (Wildman–Crippen LogP) is 2.05. The number of alkyl halides is 1. The first kappa shape index (κ1) is 24.2. The Morgan fingerprint density at radius 3 is 2.62 bits per heavy atom. The zero-order chi connectivity index (χ0) is 18.6. The standard InChI is InChI=1S/C15H31FN2O3S3/c1-11(23-5)14(19)18-10-13(16)15(3,4)21-9-8-20-7-6-17-12(2)24-22/h11-13,17,22-23H,5-10H2,1-4H3,(H,18,19). The van der Waals surface area contributed by atoms with Gasteiger partial charge >= 0.3 is 0 Å². The fourth-order valence-electron chi connectivity index (χ4n) is 1.59. The van der Waals surface area contributed by atoms with Crippen LogP contribution in [0.15, 0.2) is 0 Å². The lowest BCUT2D eigenvalue weighted by Gasteiger charge is -2.29. The molecule has 0 bridgehead atoms. The Morgan fingerprint density at radius 2 is 2.04 bits per heavy atom. The molecule has 0 aliphatic carbocycles. The van der Waals surface area contributed by atoms with Crippen molar-refractivity contribution in [3.63, 3.8) is 0 Å². The topological polar surface area (TPSA) is 59.6 Å². The normalized spacial score (nSPS) is 15.8. The summed E-state index contributed by atoms with van der Waals surface area (Å²) in [6.45, 7) is 8.99. The van der Waals surface area contributed by atoms with E-state index in [2.05, 4.69) is 28.2 Å². The minimum absolute atomic E-state index is 0.0737. The van der Waals surface area contributed by atoms with Crippen LogP contribution in [0.25, 0.3) is 0 Å². The van der Waals surface area contributed by atoms with E-state index in [0.29, 0.717) is 31.2 Å². The number of carbonyl (C=O) groups is 1. The van der Waals surface area contributed by atoms with Crippen molar-refractivity contribution >= 4 is 45.6 Å². The molecule has 0 aliphatic heterocycles. The molecule has 0 fully saturated rings. The summed E-state index contributed by atoms with van der Waals surface area (Å²) in [5.74, 6) is 3.44. The Balaban J connectivity index is 3.87. The second-order valence-electron chi connectivity index (χ2n) is 5.84. The Morgan fingerprint density at radius 1 is 1.38 bits per heavy atom. The lowest BCUT2D eigenvalue weighted by atomic mass is 10.0. The van der Waals surface area contributed by atoms with Crippen molar-refractivity contribution in [2.75, 3.05) is 32.9 Å². The molecule has 0 saturated heterocycles. The van der Waals surface area contributed by atoms with E-state index in [0.717, 1.165) is 6.54 Å². The molecule has 0 heterocycles. The molecule has 24 heavy (non-hydrogen) atoms. The first-order valence-corrected chi connectivity index (χ1v) is 11.0. The van der Waals surface area contributed by atoms with Gasteiger partial charge < -0.3 is 20.1 Å². The van der Waals surface area contributed by atoms with E-state index in [-0.39, 0.29) is 23.1 Å². The molecule has 0 spiro atoms. The van der Waals surface area contributed by atoms with Crippen LogP contribution >= 0.6 is 33.8 Å². The van der Waals surface area contributed by atoms with Crippen LogP contribution in [0.1, 0.15) is 27.7 Å². The summed E-state index contributed by atoms with van der Waals surface area (Å²) in [5, 5.41) is 5.82. The summed E-state index contributed by atoms with van der Waals surface area (Å²) in [7, 11) is 1.44. The highest BCUT2D eigenvalue weighted by atomic mass is 33.1. The third kappa shape index (κ3) is 10.9. The molecule has 3 atom stereocenters. The Kier molecular flexibility index (Phi) is 13.5. The maximum Gasteiger partial charge on any atom is 0.232 e. The van der Waals surface area contributed by atoms with E-state index in [9.17, 15) is 9.18 Å². The van der Waals surface area contributed by atoms with Gasteiger partial charge in [0.25, 0.3) is 0 Å². The van der Waals surface area contributed by atoms with E-state index in [1.54, 1.807) is 20.8 Å². The average Bonchev–Trinajstić information content (AvgIpc) is 2.56. The van der Waals surface area contributed by atoms with Gasteiger partial charge in [-0.25, -0.2) is 4.39 Å². The van der Waals surface area contributed by atoms with E-state index >= 15 is 0 Å². The molecular weight excluding hydrogens is 371 g/mol. The SMILES string of the molecule is C=[SH]C(C)C(=O)NCC(F)C(C)(C)OCCOCCNC(C)SS. The van der Waals surface area contributed by atoms with Crippen molar-refractivity contribution in [1.29, 1.82) is 0 Å². The van der Waals surface area contributed by atoms with E-state index in [1.165, 1.54) is 10.8 Å². The number of nitrogens with one attached hydrogen (secondary N) is 2. The molecule has 2 N–H and O–H groups in total. The van der Waals surface area contributed by atoms with Gasteiger partial charge in [-0.3, -0.25) is 4.79 Å². The third-order valence-electron chi connectivity index (χ3n) is 3.40. The van der Waals surface area contributed by atoms with E-state index in [4.69, 9.17) is 9.47 Å². The molecule has 1 amide bonds. The fourth-order valence-corrected chi connectivity index (χ4v) is 2.27. The van der Waals surface area contributed by atoms with Gasteiger partial charge in [0.2, 0.25) is 5.91 Å². The number of hydrogen-bond acceptors (Lipinski definition) is 6. The number of carbonyl (C=O) groups excluding carboxylic acids is 1. The highest BCUT2D eigenvalue weighted by Crippen LogP contribution is 2.17. The Hall–Kier alpha value is 0.200. The quantitative estimate of drug-likeness (QED) is 0.118. The molecule has 3 unspecified atom stereocenters. The van der Waals surface area contributed by atoms with Crippen molar-refractivity contribution in [2.45, 2.75) is 50.1 Å². The van der Waals surface area contributed by atoms with Crippen molar-refractivity contribution in [3.05, 3.63) is 0 Å². The van der Waals surface area contributed by atoms with E-state index in [1.807, 2.05) is 6.92 Å². The van der Waals surface area contributed by atoms with Gasteiger partial charge in [0.1, 0.15) is 6.17 Å².